The number of aliphatic hydroxyl groups excluding tert-OH is 1. The van der Waals surface area contributed by atoms with Gasteiger partial charge >= 0.3 is 0 Å². The molecule has 2 rings (SSSR count). The molecule has 6 heteroatoms. The first kappa shape index (κ1) is 13.8. The Morgan fingerprint density at radius 1 is 1.42 bits per heavy atom. The molecule has 0 bridgehead atoms. The Morgan fingerprint density at radius 3 is 2.84 bits per heavy atom. The van der Waals surface area contributed by atoms with Crippen LogP contribution in [-0.4, -0.2) is 28.6 Å². The normalized spacial score (nSPS) is 12.2. The zero-order valence-corrected chi connectivity index (χ0v) is 12.0. The van der Waals surface area contributed by atoms with Gasteiger partial charge in [0, 0.05) is 25.6 Å². The van der Waals surface area contributed by atoms with Crippen LogP contribution in [0.2, 0.25) is 0 Å². The van der Waals surface area contributed by atoms with Gasteiger partial charge in [0.25, 0.3) is 0 Å². The highest BCUT2D eigenvalue weighted by molar-refractivity contribution is 7.09. The molecule has 0 aliphatic rings. The van der Waals surface area contributed by atoms with E-state index in [0.29, 0.717) is 18.2 Å². The van der Waals surface area contributed by atoms with Crippen LogP contribution in [0.1, 0.15) is 24.4 Å². The summed E-state index contributed by atoms with van der Waals surface area (Å²) in [5.74, 6) is 1.37. The molecule has 102 valence electrons. The lowest BCUT2D eigenvalue weighted by Crippen LogP contribution is -2.08. The Hall–Kier alpha value is -1.66. The molecule has 1 aromatic heterocycles. The van der Waals surface area contributed by atoms with Crippen LogP contribution in [0.5, 0.6) is 5.75 Å². The van der Waals surface area contributed by atoms with E-state index in [1.807, 2.05) is 43.3 Å². The molecule has 5 nitrogen and oxygen atoms in total. The molecule has 0 spiro atoms. The maximum Gasteiger partial charge on any atom is 0.204 e. The minimum absolute atomic E-state index is 0.327. The fourth-order valence-electron chi connectivity index (χ4n) is 1.50. The van der Waals surface area contributed by atoms with Crippen LogP contribution in [0.3, 0.4) is 0 Å². The third kappa shape index (κ3) is 3.65. The predicted octanol–water partition coefficient (Wildman–Crippen LogP) is 2.24. The van der Waals surface area contributed by atoms with Crippen molar-refractivity contribution in [3.8, 4) is 5.75 Å². The van der Waals surface area contributed by atoms with Gasteiger partial charge in [-0.15, -0.1) is 0 Å². The van der Waals surface area contributed by atoms with Crippen molar-refractivity contribution in [3.63, 3.8) is 0 Å². The van der Waals surface area contributed by atoms with Gasteiger partial charge in [-0.1, -0.05) is 12.1 Å². The van der Waals surface area contributed by atoms with E-state index >= 15 is 0 Å². The lowest BCUT2D eigenvalue weighted by molar-refractivity contribution is 0.198. The second-order valence-corrected chi connectivity index (χ2v) is 5.16. The molecule has 1 aromatic carbocycles. The van der Waals surface area contributed by atoms with Crippen LogP contribution >= 0.6 is 11.5 Å². The number of benzene rings is 1. The van der Waals surface area contributed by atoms with Gasteiger partial charge in [-0.3, -0.25) is 0 Å². The summed E-state index contributed by atoms with van der Waals surface area (Å²) in [5, 5.41) is 10.4. The van der Waals surface area contributed by atoms with E-state index in [-0.39, 0.29) is 0 Å². The molecule has 0 saturated heterocycles. The van der Waals surface area contributed by atoms with Crippen LogP contribution in [0, 0.1) is 0 Å². The third-order valence-corrected chi connectivity index (χ3v) is 3.47. The van der Waals surface area contributed by atoms with Crippen molar-refractivity contribution in [1.29, 1.82) is 0 Å². The Kier molecular flexibility index (Phi) is 4.34. The average molecular weight is 279 g/mol. The Balaban J connectivity index is 1.99. The largest absolute Gasteiger partial charge is 0.486 e. The van der Waals surface area contributed by atoms with E-state index in [1.165, 1.54) is 11.5 Å². The number of aliphatic hydroxyl groups is 1. The second-order valence-electron chi connectivity index (χ2n) is 4.42. The van der Waals surface area contributed by atoms with Crippen molar-refractivity contribution < 1.29 is 9.84 Å². The minimum atomic E-state index is -0.499. The standard InChI is InChI=1S/C13H17N3O2S/c1-9(17)10-5-4-6-11(7-10)18-8-12-14-13(16(2)3)19-15-12/h4-7,9,17H,8H2,1-3H3. The van der Waals surface area contributed by atoms with Crippen LogP contribution in [0.25, 0.3) is 0 Å². The van der Waals surface area contributed by atoms with Gasteiger partial charge in [0.2, 0.25) is 5.13 Å². The summed E-state index contributed by atoms with van der Waals surface area (Å²) in [7, 11) is 3.86. The molecule has 1 unspecified atom stereocenters. The van der Waals surface area contributed by atoms with Crippen molar-refractivity contribution in [2.75, 3.05) is 19.0 Å². The third-order valence-electron chi connectivity index (χ3n) is 2.55. The SMILES string of the molecule is CC(O)c1cccc(OCc2nsc(N(C)C)n2)c1. The molecule has 19 heavy (non-hydrogen) atoms. The number of hydrogen-bond donors (Lipinski definition) is 1. The van der Waals surface area contributed by atoms with Gasteiger partial charge in [-0.2, -0.15) is 9.36 Å². The fraction of sp³-hybridized carbons (Fsp3) is 0.385. The van der Waals surface area contributed by atoms with E-state index in [9.17, 15) is 5.11 Å². The second kappa shape index (κ2) is 5.99. The molecule has 1 N–H and O–H groups in total. The van der Waals surface area contributed by atoms with Crippen molar-refractivity contribution >= 4 is 16.7 Å². The van der Waals surface area contributed by atoms with Crippen molar-refractivity contribution in [2.24, 2.45) is 0 Å². The Morgan fingerprint density at radius 2 is 2.21 bits per heavy atom. The van der Waals surface area contributed by atoms with E-state index in [2.05, 4.69) is 9.36 Å². The maximum absolute atomic E-state index is 9.51. The topological polar surface area (TPSA) is 58.5 Å². The van der Waals surface area contributed by atoms with E-state index in [1.54, 1.807) is 6.92 Å². The summed E-state index contributed by atoms with van der Waals surface area (Å²) >= 11 is 1.35. The van der Waals surface area contributed by atoms with Crippen LogP contribution in [0.15, 0.2) is 24.3 Å². The van der Waals surface area contributed by atoms with Gasteiger partial charge < -0.3 is 14.7 Å². The molecule has 0 amide bonds. The highest BCUT2D eigenvalue weighted by atomic mass is 32.1. The van der Waals surface area contributed by atoms with Crippen LogP contribution in [0.4, 0.5) is 5.13 Å². The maximum atomic E-state index is 9.51. The zero-order chi connectivity index (χ0) is 13.8. The first-order valence-electron chi connectivity index (χ1n) is 5.97. The number of aromatic nitrogens is 2. The molecule has 1 heterocycles. The molecule has 0 aliphatic heterocycles. The Bertz CT molecular complexity index is 540. The number of anilines is 1. The van der Waals surface area contributed by atoms with E-state index in [4.69, 9.17) is 4.74 Å². The molecule has 1 atom stereocenters. The van der Waals surface area contributed by atoms with Gasteiger partial charge in [0.1, 0.15) is 12.4 Å². The highest BCUT2D eigenvalue weighted by Gasteiger charge is 2.07. The number of ether oxygens (including phenoxy) is 1. The zero-order valence-electron chi connectivity index (χ0n) is 11.2. The highest BCUT2D eigenvalue weighted by Crippen LogP contribution is 2.20. The summed E-state index contributed by atoms with van der Waals surface area (Å²) in [5.41, 5.74) is 0.831. The van der Waals surface area contributed by atoms with Gasteiger partial charge in [0.15, 0.2) is 5.82 Å². The minimum Gasteiger partial charge on any atom is -0.486 e. The smallest absolute Gasteiger partial charge is 0.204 e. The molecule has 0 aliphatic carbocycles. The average Bonchev–Trinajstić information content (AvgIpc) is 2.85. The van der Waals surface area contributed by atoms with Gasteiger partial charge in [-0.05, 0) is 24.6 Å². The van der Waals surface area contributed by atoms with Crippen LogP contribution in [-0.2, 0) is 6.61 Å². The monoisotopic (exact) mass is 279 g/mol. The predicted molar refractivity (Wildman–Crippen MR) is 75.6 cm³/mol. The fourth-order valence-corrected chi connectivity index (χ4v) is 2.09. The molecular weight excluding hydrogens is 262 g/mol. The molecule has 2 aromatic rings. The summed E-state index contributed by atoms with van der Waals surface area (Å²) in [6.07, 6.45) is -0.499. The van der Waals surface area contributed by atoms with Crippen molar-refractivity contribution in [2.45, 2.75) is 19.6 Å². The van der Waals surface area contributed by atoms with E-state index in [0.717, 1.165) is 10.7 Å². The first-order valence-corrected chi connectivity index (χ1v) is 6.74. The summed E-state index contributed by atoms with van der Waals surface area (Å²) < 4.78 is 9.85. The summed E-state index contributed by atoms with van der Waals surface area (Å²) in [6.45, 7) is 2.05. The lowest BCUT2D eigenvalue weighted by Gasteiger charge is -2.08. The number of hydrogen-bond acceptors (Lipinski definition) is 6. The lowest BCUT2D eigenvalue weighted by atomic mass is 10.1. The van der Waals surface area contributed by atoms with Crippen molar-refractivity contribution in [1.82, 2.24) is 9.36 Å². The van der Waals surface area contributed by atoms with E-state index < -0.39 is 6.10 Å². The summed E-state index contributed by atoms with van der Waals surface area (Å²) in [6, 6.07) is 7.40. The molecule has 0 saturated carbocycles. The molecule has 0 fully saturated rings. The first-order chi connectivity index (χ1) is 9.06. The van der Waals surface area contributed by atoms with Crippen molar-refractivity contribution in [3.05, 3.63) is 35.7 Å². The molecular formula is C13H17N3O2S. The van der Waals surface area contributed by atoms with Crippen LogP contribution < -0.4 is 9.64 Å². The number of rotatable bonds is 5. The summed E-state index contributed by atoms with van der Waals surface area (Å²) in [4.78, 5) is 6.25. The molecule has 0 radical (unpaired) electrons. The van der Waals surface area contributed by atoms with Gasteiger partial charge in [0.05, 0.1) is 6.10 Å². The van der Waals surface area contributed by atoms with Gasteiger partial charge in [-0.25, -0.2) is 0 Å². The quantitative estimate of drug-likeness (QED) is 0.909. The Labute approximate surface area is 116 Å². The number of nitrogens with zero attached hydrogens (tertiary/aromatic N) is 3.